The summed E-state index contributed by atoms with van der Waals surface area (Å²) in [5.41, 5.74) is 0.958. The first-order valence-electron chi connectivity index (χ1n) is 7.72. The molecule has 3 rings (SSSR count). The minimum absolute atomic E-state index is 0.162. The maximum atomic E-state index is 12.7. The average Bonchev–Trinajstić information content (AvgIpc) is 2.63. The van der Waals surface area contributed by atoms with E-state index in [4.69, 9.17) is 4.74 Å². The number of halogens is 1. The van der Waals surface area contributed by atoms with Crippen molar-refractivity contribution in [2.75, 3.05) is 31.6 Å². The van der Waals surface area contributed by atoms with E-state index in [1.807, 2.05) is 12.1 Å². The monoisotopic (exact) mass is 472 g/mol. The van der Waals surface area contributed by atoms with E-state index in [0.29, 0.717) is 37.6 Å². The number of anilines is 1. The molecule has 0 radical (unpaired) electrons. The third kappa shape index (κ3) is 4.38. The number of carbonyl (C=O) groups is 1. The van der Waals surface area contributed by atoms with E-state index in [9.17, 15) is 13.2 Å². The first kappa shape index (κ1) is 18.3. The molecule has 6 nitrogen and oxygen atoms in total. The van der Waals surface area contributed by atoms with Crippen molar-refractivity contribution < 1.29 is 17.9 Å². The molecule has 1 N–H and O–H groups in total. The van der Waals surface area contributed by atoms with Crippen LogP contribution in [-0.2, 0) is 14.8 Å². The van der Waals surface area contributed by atoms with Crippen LogP contribution < -0.4 is 5.32 Å². The highest BCUT2D eigenvalue weighted by atomic mass is 127. The molecule has 2 aromatic rings. The zero-order valence-electron chi connectivity index (χ0n) is 13.3. The average molecular weight is 472 g/mol. The predicted octanol–water partition coefficient (Wildman–Crippen LogP) is 2.56. The van der Waals surface area contributed by atoms with E-state index in [1.165, 1.54) is 16.4 Å². The summed E-state index contributed by atoms with van der Waals surface area (Å²) >= 11 is 2.17. The lowest BCUT2D eigenvalue weighted by atomic mass is 10.2. The van der Waals surface area contributed by atoms with Gasteiger partial charge in [-0.1, -0.05) is 6.07 Å². The Hall–Kier alpha value is -1.49. The molecule has 132 valence electrons. The Labute approximate surface area is 160 Å². The summed E-state index contributed by atoms with van der Waals surface area (Å²) in [7, 11) is -3.59. The van der Waals surface area contributed by atoms with E-state index in [2.05, 4.69) is 27.9 Å². The number of benzene rings is 2. The van der Waals surface area contributed by atoms with Gasteiger partial charge in [0.2, 0.25) is 10.0 Å². The van der Waals surface area contributed by atoms with Crippen LogP contribution in [0.15, 0.2) is 53.4 Å². The highest BCUT2D eigenvalue weighted by Gasteiger charge is 2.26. The molecule has 0 saturated carbocycles. The molecule has 0 atom stereocenters. The molecule has 0 bridgehead atoms. The lowest BCUT2D eigenvalue weighted by Gasteiger charge is -2.26. The molecule has 0 aliphatic carbocycles. The van der Waals surface area contributed by atoms with E-state index in [0.717, 1.165) is 3.57 Å². The Morgan fingerprint density at radius 1 is 1.08 bits per heavy atom. The van der Waals surface area contributed by atoms with Gasteiger partial charge >= 0.3 is 0 Å². The number of amides is 1. The van der Waals surface area contributed by atoms with E-state index < -0.39 is 10.0 Å². The number of nitrogens with zero attached hydrogens (tertiary/aromatic N) is 1. The molecule has 1 amide bonds. The van der Waals surface area contributed by atoms with Crippen LogP contribution in [-0.4, -0.2) is 44.9 Å². The second-order valence-electron chi connectivity index (χ2n) is 5.51. The quantitative estimate of drug-likeness (QED) is 0.695. The second kappa shape index (κ2) is 7.81. The van der Waals surface area contributed by atoms with Crippen LogP contribution in [0.3, 0.4) is 0 Å². The normalized spacial score (nSPS) is 15.7. The Balaban J connectivity index is 1.79. The first-order chi connectivity index (χ1) is 12.0. The zero-order valence-corrected chi connectivity index (χ0v) is 16.3. The van der Waals surface area contributed by atoms with Crippen molar-refractivity contribution in [3.63, 3.8) is 0 Å². The lowest BCUT2D eigenvalue weighted by molar-refractivity contribution is 0.0730. The van der Waals surface area contributed by atoms with Crippen LogP contribution in [0.2, 0.25) is 0 Å². The van der Waals surface area contributed by atoms with Crippen LogP contribution in [0.1, 0.15) is 10.4 Å². The number of ether oxygens (including phenoxy) is 1. The van der Waals surface area contributed by atoms with Crippen molar-refractivity contribution in [2.24, 2.45) is 0 Å². The molecule has 1 saturated heterocycles. The van der Waals surface area contributed by atoms with Crippen molar-refractivity contribution in [1.29, 1.82) is 0 Å². The molecule has 0 unspecified atom stereocenters. The summed E-state index contributed by atoms with van der Waals surface area (Å²) in [4.78, 5) is 12.5. The number of carbonyl (C=O) groups excluding carboxylic acids is 1. The summed E-state index contributed by atoms with van der Waals surface area (Å²) in [5.74, 6) is -0.280. The van der Waals surface area contributed by atoms with Gasteiger partial charge in [0.05, 0.1) is 18.1 Å². The molecule has 1 aliphatic rings. The summed E-state index contributed by atoms with van der Waals surface area (Å²) < 4.78 is 33.0. The van der Waals surface area contributed by atoms with Gasteiger partial charge in [0.25, 0.3) is 5.91 Å². The largest absolute Gasteiger partial charge is 0.379 e. The van der Waals surface area contributed by atoms with Gasteiger partial charge in [0, 0.05) is 27.9 Å². The maximum absolute atomic E-state index is 12.7. The minimum atomic E-state index is -3.59. The zero-order chi connectivity index (χ0) is 17.9. The van der Waals surface area contributed by atoms with Crippen molar-refractivity contribution >= 4 is 44.2 Å². The molecule has 1 fully saturated rings. The number of hydrogen-bond donors (Lipinski definition) is 1. The van der Waals surface area contributed by atoms with E-state index >= 15 is 0 Å². The Bertz CT molecular complexity index is 862. The summed E-state index contributed by atoms with van der Waals surface area (Å²) in [6, 6.07) is 13.4. The number of morpholine rings is 1. The fourth-order valence-electron chi connectivity index (χ4n) is 2.47. The third-order valence-corrected chi connectivity index (χ3v) is 6.42. The SMILES string of the molecule is O=C(Nc1cccc(S(=O)(=O)N2CCOCC2)c1)c1ccc(I)cc1. The Morgan fingerprint density at radius 2 is 1.76 bits per heavy atom. The van der Waals surface area contributed by atoms with Crippen molar-refractivity contribution in [1.82, 2.24) is 4.31 Å². The van der Waals surface area contributed by atoms with Gasteiger partial charge in [-0.3, -0.25) is 4.79 Å². The summed E-state index contributed by atoms with van der Waals surface area (Å²) in [6.45, 7) is 1.45. The van der Waals surface area contributed by atoms with Gasteiger partial charge in [-0.25, -0.2) is 8.42 Å². The van der Waals surface area contributed by atoms with Gasteiger partial charge in [-0.15, -0.1) is 0 Å². The topological polar surface area (TPSA) is 75.7 Å². The molecule has 2 aromatic carbocycles. The molecule has 25 heavy (non-hydrogen) atoms. The first-order valence-corrected chi connectivity index (χ1v) is 10.2. The predicted molar refractivity (Wildman–Crippen MR) is 103 cm³/mol. The number of nitrogens with one attached hydrogen (secondary N) is 1. The third-order valence-electron chi connectivity index (χ3n) is 3.81. The molecule has 0 aromatic heterocycles. The van der Waals surface area contributed by atoms with Crippen LogP contribution in [0, 0.1) is 3.57 Å². The molecular formula is C17H17IN2O4S. The summed E-state index contributed by atoms with van der Waals surface area (Å²) in [6.07, 6.45) is 0. The standard InChI is InChI=1S/C17H17IN2O4S/c18-14-6-4-13(5-7-14)17(21)19-15-2-1-3-16(12-15)25(22,23)20-8-10-24-11-9-20/h1-7,12H,8-11H2,(H,19,21). The Morgan fingerprint density at radius 3 is 2.44 bits per heavy atom. The van der Waals surface area contributed by atoms with Crippen molar-refractivity contribution in [2.45, 2.75) is 4.90 Å². The number of sulfonamides is 1. The fourth-order valence-corrected chi connectivity index (χ4v) is 4.29. The van der Waals surface area contributed by atoms with Gasteiger partial charge in [0.1, 0.15) is 0 Å². The van der Waals surface area contributed by atoms with Crippen molar-refractivity contribution in [3.05, 3.63) is 57.7 Å². The Kier molecular flexibility index (Phi) is 5.72. The summed E-state index contributed by atoms with van der Waals surface area (Å²) in [5, 5.41) is 2.74. The smallest absolute Gasteiger partial charge is 0.255 e. The number of hydrogen-bond acceptors (Lipinski definition) is 4. The highest BCUT2D eigenvalue weighted by Crippen LogP contribution is 2.21. The van der Waals surface area contributed by atoms with Gasteiger partial charge in [0.15, 0.2) is 0 Å². The molecule has 1 heterocycles. The second-order valence-corrected chi connectivity index (χ2v) is 8.69. The molecular weight excluding hydrogens is 455 g/mol. The van der Waals surface area contributed by atoms with Crippen LogP contribution in [0.4, 0.5) is 5.69 Å². The molecule has 0 spiro atoms. The van der Waals surface area contributed by atoms with Crippen LogP contribution in [0.25, 0.3) is 0 Å². The van der Waals surface area contributed by atoms with Gasteiger partial charge in [-0.2, -0.15) is 4.31 Å². The van der Waals surface area contributed by atoms with E-state index in [-0.39, 0.29) is 10.8 Å². The fraction of sp³-hybridized carbons (Fsp3) is 0.235. The van der Waals surface area contributed by atoms with E-state index in [1.54, 1.807) is 24.3 Å². The van der Waals surface area contributed by atoms with Crippen molar-refractivity contribution in [3.8, 4) is 0 Å². The van der Waals surface area contributed by atoms with Crippen LogP contribution in [0.5, 0.6) is 0 Å². The van der Waals surface area contributed by atoms with Gasteiger partial charge in [-0.05, 0) is 65.1 Å². The number of rotatable bonds is 4. The van der Waals surface area contributed by atoms with Crippen LogP contribution >= 0.6 is 22.6 Å². The minimum Gasteiger partial charge on any atom is -0.379 e. The highest BCUT2D eigenvalue weighted by molar-refractivity contribution is 14.1. The molecule has 1 aliphatic heterocycles. The molecule has 8 heteroatoms. The lowest BCUT2D eigenvalue weighted by Crippen LogP contribution is -2.40. The van der Waals surface area contributed by atoms with Gasteiger partial charge < -0.3 is 10.1 Å². The maximum Gasteiger partial charge on any atom is 0.255 e.